The number of rotatable bonds is 6. The van der Waals surface area contributed by atoms with E-state index >= 15 is 0 Å². The minimum Gasteiger partial charge on any atom is -0.296 e. The first-order valence-electron chi connectivity index (χ1n) is 15.9. The lowest BCUT2D eigenvalue weighted by Gasteiger charge is -2.45. The minimum absolute atomic E-state index is 0.0357. The summed E-state index contributed by atoms with van der Waals surface area (Å²) in [5.41, 5.74) is -0.767. The summed E-state index contributed by atoms with van der Waals surface area (Å²) >= 11 is 0. The molecule has 1 aliphatic heterocycles. The van der Waals surface area contributed by atoms with Gasteiger partial charge in [0.05, 0.1) is 28.5 Å². The van der Waals surface area contributed by atoms with Crippen LogP contribution in [0.4, 0.5) is 0 Å². The van der Waals surface area contributed by atoms with E-state index in [4.69, 9.17) is 0 Å². The number of benzene rings is 1. The number of hydrogen-bond acceptors (Lipinski definition) is 6. The summed E-state index contributed by atoms with van der Waals surface area (Å²) in [6, 6.07) is 4.94. The number of hydrogen-bond donors (Lipinski definition) is 3. The molecule has 3 saturated carbocycles. The lowest BCUT2D eigenvalue weighted by Crippen LogP contribution is -2.57. The predicted octanol–water partition coefficient (Wildman–Crippen LogP) is 3.87. The Hall–Kier alpha value is -2.01. The molecule has 2 heterocycles. The van der Waals surface area contributed by atoms with Gasteiger partial charge in [0.2, 0.25) is 10.0 Å². The van der Waals surface area contributed by atoms with Crippen LogP contribution in [0.2, 0.25) is 0 Å². The zero-order valence-corrected chi connectivity index (χ0v) is 25.5. The Bertz CT molecular complexity index is 1500. The van der Waals surface area contributed by atoms with Crippen LogP contribution >= 0.6 is 0 Å². The molecule has 4 aliphatic rings. The molecule has 41 heavy (non-hydrogen) atoms. The highest BCUT2D eigenvalue weighted by Gasteiger charge is 2.51. The van der Waals surface area contributed by atoms with Gasteiger partial charge >= 0.3 is 5.69 Å². The fourth-order valence-corrected chi connectivity index (χ4v) is 9.40. The third-order valence-corrected chi connectivity index (χ3v) is 12.1. The van der Waals surface area contributed by atoms with Crippen LogP contribution in [0.15, 0.2) is 32.7 Å². The van der Waals surface area contributed by atoms with E-state index < -0.39 is 21.1 Å². The molecule has 1 saturated heterocycles. The van der Waals surface area contributed by atoms with Crippen molar-refractivity contribution in [1.82, 2.24) is 24.5 Å². The van der Waals surface area contributed by atoms with Crippen LogP contribution in [0.25, 0.3) is 10.9 Å². The van der Waals surface area contributed by atoms with Gasteiger partial charge < -0.3 is 0 Å². The van der Waals surface area contributed by atoms with Gasteiger partial charge in [0.15, 0.2) is 0 Å². The molecule has 3 unspecified atom stereocenters. The molecule has 0 amide bonds. The highest BCUT2D eigenvalue weighted by Crippen LogP contribution is 2.43. The van der Waals surface area contributed by atoms with E-state index in [9.17, 15) is 18.0 Å². The van der Waals surface area contributed by atoms with Crippen LogP contribution in [0.3, 0.4) is 0 Å². The average molecular weight is 586 g/mol. The molecule has 2 aromatic rings. The Morgan fingerprint density at radius 3 is 2.27 bits per heavy atom. The van der Waals surface area contributed by atoms with Gasteiger partial charge in [-0.2, -0.15) is 0 Å². The van der Waals surface area contributed by atoms with Gasteiger partial charge in [-0.1, -0.05) is 57.8 Å². The number of sulfonamides is 1. The lowest BCUT2D eigenvalue weighted by atomic mass is 9.67. The molecule has 0 bridgehead atoms. The standard InChI is InChI=1S/C31H47N5O4S/c1-30(18-19-30)34-41(39,40)23-15-16-25-24(20-23)28(37)35(2)29(38)36(25)21-27-32-26-14-10-11-17-31(26,33-27)22-12-8-6-4-3-5-7-9-13-22/h15-16,20,22,26-27,32-34H,3-14,17-19,21H2,1-2H3. The molecule has 6 rings (SSSR count). The van der Waals surface area contributed by atoms with Crippen molar-refractivity contribution >= 4 is 20.9 Å². The molecule has 3 N–H and O–H groups in total. The van der Waals surface area contributed by atoms with Crippen molar-refractivity contribution < 1.29 is 8.42 Å². The van der Waals surface area contributed by atoms with Gasteiger partial charge in [0.1, 0.15) is 0 Å². The lowest BCUT2D eigenvalue weighted by molar-refractivity contribution is 0.128. The van der Waals surface area contributed by atoms with Crippen molar-refractivity contribution in [3.8, 4) is 0 Å². The first-order valence-corrected chi connectivity index (χ1v) is 17.4. The third-order valence-electron chi connectivity index (χ3n) is 10.5. The van der Waals surface area contributed by atoms with Gasteiger partial charge in [0, 0.05) is 24.2 Å². The zero-order chi connectivity index (χ0) is 28.8. The number of aromatic nitrogens is 2. The smallest absolute Gasteiger partial charge is 0.296 e. The molecule has 226 valence electrons. The Morgan fingerprint density at radius 2 is 1.59 bits per heavy atom. The summed E-state index contributed by atoms with van der Waals surface area (Å²) in [5.74, 6) is 0.616. The van der Waals surface area contributed by atoms with E-state index in [1.807, 2.05) is 6.92 Å². The van der Waals surface area contributed by atoms with Gasteiger partial charge in [-0.3, -0.25) is 24.6 Å². The molecular formula is C31H47N5O4S. The second kappa shape index (κ2) is 11.2. The Morgan fingerprint density at radius 1 is 0.927 bits per heavy atom. The maximum atomic E-state index is 13.5. The van der Waals surface area contributed by atoms with Crippen molar-refractivity contribution in [1.29, 1.82) is 0 Å². The first-order chi connectivity index (χ1) is 19.6. The van der Waals surface area contributed by atoms with E-state index in [0.29, 0.717) is 24.0 Å². The van der Waals surface area contributed by atoms with Crippen LogP contribution < -0.4 is 26.6 Å². The Labute approximate surface area is 243 Å². The largest absolute Gasteiger partial charge is 0.331 e. The van der Waals surface area contributed by atoms with Gasteiger partial charge in [0.25, 0.3) is 5.56 Å². The Balaban J connectivity index is 1.31. The predicted molar refractivity (Wildman–Crippen MR) is 161 cm³/mol. The van der Waals surface area contributed by atoms with Crippen LogP contribution in [0, 0.1) is 5.92 Å². The van der Waals surface area contributed by atoms with Crippen molar-refractivity contribution in [3.05, 3.63) is 39.0 Å². The second-order valence-corrected chi connectivity index (χ2v) is 15.2. The molecule has 3 atom stereocenters. The normalized spacial score (nSPS) is 29.3. The van der Waals surface area contributed by atoms with Gasteiger partial charge in [-0.15, -0.1) is 0 Å². The molecule has 10 heteroatoms. The molecular weight excluding hydrogens is 538 g/mol. The van der Waals surface area contributed by atoms with Crippen LogP contribution in [0.5, 0.6) is 0 Å². The van der Waals surface area contributed by atoms with Gasteiger partial charge in [-0.05, 0) is 69.6 Å². The van der Waals surface area contributed by atoms with E-state index in [1.54, 1.807) is 10.6 Å². The summed E-state index contributed by atoms with van der Waals surface area (Å²) in [4.78, 5) is 26.7. The average Bonchev–Trinajstić information content (AvgIpc) is 3.55. The second-order valence-electron chi connectivity index (χ2n) is 13.6. The van der Waals surface area contributed by atoms with E-state index in [0.717, 1.165) is 30.3 Å². The number of nitrogens with one attached hydrogen (secondary N) is 3. The van der Waals surface area contributed by atoms with Crippen molar-refractivity contribution in [2.75, 3.05) is 0 Å². The molecule has 1 aromatic carbocycles. The highest BCUT2D eigenvalue weighted by atomic mass is 32.2. The topological polar surface area (TPSA) is 114 Å². The summed E-state index contributed by atoms with van der Waals surface area (Å²) in [5, 5.41) is 8.16. The van der Waals surface area contributed by atoms with E-state index in [2.05, 4.69) is 15.4 Å². The molecule has 0 radical (unpaired) electrons. The van der Waals surface area contributed by atoms with Crippen molar-refractivity contribution in [2.24, 2.45) is 13.0 Å². The van der Waals surface area contributed by atoms with Crippen LogP contribution in [-0.4, -0.2) is 40.8 Å². The molecule has 0 spiro atoms. The summed E-state index contributed by atoms with van der Waals surface area (Å²) < 4.78 is 31.6. The number of fused-ring (bicyclic) bond motifs is 2. The first kappa shape index (κ1) is 29.1. The van der Waals surface area contributed by atoms with E-state index in [1.165, 1.54) is 89.8 Å². The Kier molecular flexibility index (Phi) is 7.98. The monoisotopic (exact) mass is 585 g/mol. The van der Waals surface area contributed by atoms with Crippen LogP contribution in [-0.2, 0) is 23.6 Å². The zero-order valence-electron chi connectivity index (χ0n) is 24.7. The number of nitrogens with zero attached hydrogens (tertiary/aromatic N) is 2. The molecule has 4 fully saturated rings. The van der Waals surface area contributed by atoms with Crippen molar-refractivity contribution in [3.63, 3.8) is 0 Å². The fourth-order valence-electron chi connectivity index (χ4n) is 7.91. The maximum Gasteiger partial charge on any atom is 0.331 e. The molecule has 1 aromatic heterocycles. The SMILES string of the molecule is Cn1c(=O)c2cc(S(=O)(=O)NC3(C)CC3)ccc2n(CC2NC3CCCCC3(C3CCCCCCCCC3)N2)c1=O. The van der Waals surface area contributed by atoms with E-state index in [-0.39, 0.29) is 27.7 Å². The summed E-state index contributed by atoms with van der Waals surface area (Å²) in [6.07, 6.45) is 18.0. The summed E-state index contributed by atoms with van der Waals surface area (Å²) in [6.45, 7) is 2.25. The van der Waals surface area contributed by atoms with Gasteiger partial charge in [-0.25, -0.2) is 17.9 Å². The fraction of sp³-hybridized carbons (Fsp3) is 0.742. The summed E-state index contributed by atoms with van der Waals surface area (Å²) in [7, 11) is -2.30. The third kappa shape index (κ3) is 5.69. The minimum atomic E-state index is -3.78. The molecule has 3 aliphatic carbocycles. The van der Waals surface area contributed by atoms with Crippen molar-refractivity contribution in [2.45, 2.75) is 138 Å². The maximum absolute atomic E-state index is 13.5. The molecule has 9 nitrogen and oxygen atoms in total. The van der Waals surface area contributed by atoms with Crippen LogP contribution in [0.1, 0.15) is 103 Å². The highest BCUT2D eigenvalue weighted by molar-refractivity contribution is 7.89. The quantitative estimate of drug-likeness (QED) is 0.474.